The van der Waals surface area contributed by atoms with Crippen LogP contribution in [0.4, 0.5) is 5.69 Å². The lowest BCUT2D eigenvalue weighted by atomic mass is 10.1. The van der Waals surface area contributed by atoms with Gasteiger partial charge in [0, 0.05) is 12.2 Å². The number of rotatable bonds is 7. The van der Waals surface area contributed by atoms with Crippen molar-refractivity contribution in [3.05, 3.63) is 59.2 Å². The summed E-state index contributed by atoms with van der Waals surface area (Å²) in [6.07, 6.45) is 3.59. The van der Waals surface area contributed by atoms with E-state index >= 15 is 0 Å². The molecule has 0 radical (unpaired) electrons. The molecule has 2 aromatic rings. The van der Waals surface area contributed by atoms with Crippen LogP contribution in [0.2, 0.25) is 0 Å². The third-order valence-electron chi connectivity index (χ3n) is 4.51. The fraction of sp³-hybridized carbons (Fsp3) is 0.381. The molecule has 5 nitrogen and oxygen atoms in total. The van der Waals surface area contributed by atoms with E-state index < -0.39 is 0 Å². The van der Waals surface area contributed by atoms with Crippen LogP contribution in [0.1, 0.15) is 23.1 Å². The normalized spacial score (nSPS) is 13.7. The summed E-state index contributed by atoms with van der Waals surface area (Å²) in [7, 11) is 4.07. The molecule has 0 unspecified atom stereocenters. The molecule has 0 amide bonds. The van der Waals surface area contributed by atoms with Gasteiger partial charge >= 0.3 is 0 Å². The van der Waals surface area contributed by atoms with Crippen LogP contribution >= 0.6 is 0 Å². The number of aliphatic imine (C=N–C) groups is 1. The number of nitrogens with one attached hydrogen (secondary N) is 1. The van der Waals surface area contributed by atoms with Gasteiger partial charge in [-0.05, 0) is 74.3 Å². The van der Waals surface area contributed by atoms with E-state index in [0.717, 1.165) is 30.0 Å². The highest BCUT2D eigenvalue weighted by Gasteiger charge is 2.10. The van der Waals surface area contributed by atoms with Gasteiger partial charge in [0.1, 0.15) is 12.4 Å². The summed E-state index contributed by atoms with van der Waals surface area (Å²) in [6.45, 7) is 2.08. The van der Waals surface area contributed by atoms with E-state index in [-0.39, 0.29) is 0 Å². The first-order valence-corrected chi connectivity index (χ1v) is 9.15. The molecule has 138 valence electrons. The standard InChI is InChI=1S/C21H28N4O/c1-25(2)11-12-26-20-8-3-5-16(13-20)15-23-21(22)24-19-10-9-17-6-4-7-18(17)14-19/h3,5,8-10,13-14H,4,6-7,11-12,15H2,1-2H3,(H3,22,23,24). The van der Waals surface area contributed by atoms with Crippen molar-refractivity contribution in [3.63, 3.8) is 0 Å². The largest absolute Gasteiger partial charge is 0.492 e. The van der Waals surface area contributed by atoms with Crippen molar-refractivity contribution in [2.45, 2.75) is 25.8 Å². The second kappa shape index (κ2) is 8.72. The molecule has 0 heterocycles. The first kappa shape index (κ1) is 18.3. The number of likely N-dealkylation sites (N-methyl/N-ethyl adjacent to an activating group) is 1. The van der Waals surface area contributed by atoms with Gasteiger partial charge in [-0.1, -0.05) is 18.2 Å². The van der Waals surface area contributed by atoms with Crippen LogP contribution < -0.4 is 15.8 Å². The van der Waals surface area contributed by atoms with Crippen molar-refractivity contribution >= 4 is 11.6 Å². The minimum absolute atomic E-state index is 0.432. The molecule has 3 rings (SSSR count). The summed E-state index contributed by atoms with van der Waals surface area (Å²) in [4.78, 5) is 6.55. The Bertz CT molecular complexity index is 770. The molecule has 0 aliphatic heterocycles. The number of anilines is 1. The maximum absolute atomic E-state index is 6.05. The minimum Gasteiger partial charge on any atom is -0.492 e. The lowest BCUT2D eigenvalue weighted by Crippen LogP contribution is -2.22. The van der Waals surface area contributed by atoms with E-state index in [0.29, 0.717) is 19.1 Å². The molecule has 1 aliphatic carbocycles. The van der Waals surface area contributed by atoms with E-state index in [2.05, 4.69) is 33.4 Å². The average molecular weight is 352 g/mol. The number of nitrogens with two attached hydrogens (primary N) is 1. The van der Waals surface area contributed by atoms with E-state index in [4.69, 9.17) is 10.5 Å². The van der Waals surface area contributed by atoms with Gasteiger partial charge in [0.25, 0.3) is 0 Å². The maximum atomic E-state index is 6.05. The van der Waals surface area contributed by atoms with Crippen molar-refractivity contribution in [2.75, 3.05) is 32.6 Å². The van der Waals surface area contributed by atoms with Crippen LogP contribution in [0.25, 0.3) is 0 Å². The fourth-order valence-electron chi connectivity index (χ4n) is 3.09. The maximum Gasteiger partial charge on any atom is 0.193 e. The van der Waals surface area contributed by atoms with Gasteiger partial charge in [-0.15, -0.1) is 0 Å². The summed E-state index contributed by atoms with van der Waals surface area (Å²) < 4.78 is 5.77. The Morgan fingerprint density at radius 1 is 1.15 bits per heavy atom. The molecule has 0 spiro atoms. The molecular weight excluding hydrogens is 324 g/mol. The summed E-state index contributed by atoms with van der Waals surface area (Å²) in [5.74, 6) is 1.30. The Kier molecular flexibility index (Phi) is 6.12. The van der Waals surface area contributed by atoms with Crippen LogP contribution in [0.5, 0.6) is 5.75 Å². The zero-order valence-electron chi connectivity index (χ0n) is 15.7. The summed E-state index contributed by atoms with van der Waals surface area (Å²) in [5, 5.41) is 3.19. The quantitative estimate of drug-likeness (QED) is 0.594. The monoisotopic (exact) mass is 352 g/mol. The van der Waals surface area contributed by atoms with Crippen LogP contribution in [-0.2, 0) is 19.4 Å². The van der Waals surface area contributed by atoms with Gasteiger partial charge in [0.05, 0.1) is 6.54 Å². The zero-order valence-corrected chi connectivity index (χ0v) is 15.7. The van der Waals surface area contributed by atoms with E-state index in [1.54, 1.807) is 0 Å². The summed E-state index contributed by atoms with van der Waals surface area (Å²) >= 11 is 0. The number of guanidine groups is 1. The molecule has 3 N–H and O–H groups in total. The van der Waals surface area contributed by atoms with Gasteiger partial charge in [0.15, 0.2) is 5.96 Å². The molecule has 0 bridgehead atoms. The number of benzene rings is 2. The number of hydrogen-bond acceptors (Lipinski definition) is 3. The van der Waals surface area contributed by atoms with Gasteiger partial charge in [-0.25, -0.2) is 4.99 Å². The Hall–Kier alpha value is -2.53. The Balaban J connectivity index is 1.55. The highest BCUT2D eigenvalue weighted by atomic mass is 16.5. The van der Waals surface area contributed by atoms with Gasteiger partial charge < -0.3 is 20.7 Å². The average Bonchev–Trinajstić information content (AvgIpc) is 3.08. The lowest BCUT2D eigenvalue weighted by molar-refractivity contribution is 0.261. The highest BCUT2D eigenvalue weighted by Crippen LogP contribution is 2.24. The van der Waals surface area contributed by atoms with E-state index in [1.807, 2.05) is 38.4 Å². The minimum atomic E-state index is 0.432. The Morgan fingerprint density at radius 2 is 2.00 bits per heavy atom. The third-order valence-corrected chi connectivity index (χ3v) is 4.51. The number of fused-ring (bicyclic) bond motifs is 1. The first-order valence-electron chi connectivity index (χ1n) is 9.15. The predicted molar refractivity (Wildman–Crippen MR) is 108 cm³/mol. The predicted octanol–water partition coefficient (Wildman–Crippen LogP) is 3.04. The van der Waals surface area contributed by atoms with Crippen molar-refractivity contribution in [2.24, 2.45) is 10.7 Å². The van der Waals surface area contributed by atoms with Crippen LogP contribution in [0.3, 0.4) is 0 Å². The third kappa shape index (κ3) is 5.23. The first-order chi connectivity index (χ1) is 12.6. The Labute approximate surface area is 155 Å². The molecule has 0 fully saturated rings. The molecule has 1 aliphatic rings. The SMILES string of the molecule is CN(C)CCOc1cccc(CN=C(N)Nc2ccc3c(c2)CCC3)c1. The van der Waals surface area contributed by atoms with Crippen LogP contribution in [0, 0.1) is 0 Å². The number of hydrogen-bond donors (Lipinski definition) is 2. The van der Waals surface area contributed by atoms with Crippen molar-refractivity contribution in [1.29, 1.82) is 0 Å². The van der Waals surface area contributed by atoms with Gasteiger partial charge in [0.2, 0.25) is 0 Å². The van der Waals surface area contributed by atoms with E-state index in [9.17, 15) is 0 Å². The molecule has 0 saturated heterocycles. The molecule has 2 aromatic carbocycles. The summed E-state index contributed by atoms with van der Waals surface area (Å²) in [5.41, 5.74) is 11.0. The van der Waals surface area contributed by atoms with E-state index in [1.165, 1.54) is 24.0 Å². The van der Waals surface area contributed by atoms with Crippen molar-refractivity contribution < 1.29 is 4.74 Å². The topological polar surface area (TPSA) is 62.9 Å². The van der Waals surface area contributed by atoms with Crippen LogP contribution in [-0.4, -0.2) is 38.1 Å². The van der Waals surface area contributed by atoms with Crippen molar-refractivity contribution in [1.82, 2.24) is 4.90 Å². The highest BCUT2D eigenvalue weighted by molar-refractivity contribution is 5.92. The summed E-state index contributed by atoms with van der Waals surface area (Å²) in [6, 6.07) is 14.4. The molecule has 0 saturated carbocycles. The molecule has 5 heteroatoms. The second-order valence-corrected chi connectivity index (χ2v) is 6.96. The fourth-order valence-corrected chi connectivity index (χ4v) is 3.09. The number of ether oxygens (including phenoxy) is 1. The Morgan fingerprint density at radius 3 is 2.85 bits per heavy atom. The zero-order chi connectivity index (χ0) is 18.4. The van der Waals surface area contributed by atoms with Crippen LogP contribution in [0.15, 0.2) is 47.5 Å². The smallest absolute Gasteiger partial charge is 0.193 e. The van der Waals surface area contributed by atoms with Crippen molar-refractivity contribution in [3.8, 4) is 5.75 Å². The molecule has 0 atom stereocenters. The number of nitrogens with zero attached hydrogens (tertiary/aromatic N) is 2. The lowest BCUT2D eigenvalue weighted by Gasteiger charge is -2.11. The number of aryl methyl sites for hydroxylation is 2. The van der Waals surface area contributed by atoms with Gasteiger partial charge in [-0.2, -0.15) is 0 Å². The van der Waals surface area contributed by atoms with Gasteiger partial charge in [-0.3, -0.25) is 0 Å². The molecule has 0 aromatic heterocycles. The molecule has 26 heavy (non-hydrogen) atoms. The molecular formula is C21H28N4O. The second-order valence-electron chi connectivity index (χ2n) is 6.96.